The van der Waals surface area contributed by atoms with Crippen LogP contribution < -0.4 is 5.84 Å². The van der Waals surface area contributed by atoms with Crippen LogP contribution in [0.2, 0.25) is 0 Å². The topological polar surface area (TPSA) is 94.0 Å². The van der Waals surface area contributed by atoms with Crippen molar-refractivity contribution in [1.82, 2.24) is 14.9 Å². The Morgan fingerprint density at radius 2 is 2.30 bits per heavy atom. The Balaban J connectivity index is 1.96. The Labute approximate surface area is 125 Å². The lowest BCUT2D eigenvalue weighted by atomic mass is 10.2. The van der Waals surface area contributed by atoms with Crippen molar-refractivity contribution < 1.29 is 9.90 Å². The van der Waals surface area contributed by atoms with E-state index in [1.165, 1.54) is 27.8 Å². The van der Waals surface area contributed by atoms with Crippen LogP contribution in [0.25, 0.3) is 0 Å². The molecule has 8 heteroatoms. The highest BCUT2D eigenvalue weighted by Gasteiger charge is 2.12. The van der Waals surface area contributed by atoms with Gasteiger partial charge in [0, 0.05) is 17.1 Å². The normalized spacial score (nSPS) is 10.8. The fourth-order valence-corrected chi connectivity index (χ4v) is 3.38. The van der Waals surface area contributed by atoms with Gasteiger partial charge in [0.1, 0.15) is 4.88 Å². The van der Waals surface area contributed by atoms with Gasteiger partial charge in [0.05, 0.1) is 0 Å². The number of thioether (sulfide) groups is 1. The molecule has 0 aliphatic rings. The lowest BCUT2D eigenvalue weighted by molar-refractivity contribution is 0.0702. The smallest absolute Gasteiger partial charge is 0.345 e. The summed E-state index contributed by atoms with van der Waals surface area (Å²) in [6.45, 7) is 2.11. The summed E-state index contributed by atoms with van der Waals surface area (Å²) in [6.07, 6.45) is 2.94. The molecule has 0 aromatic carbocycles. The molecule has 0 amide bonds. The van der Waals surface area contributed by atoms with Gasteiger partial charge in [-0.1, -0.05) is 25.1 Å². The fraction of sp³-hybridized carbons (Fsp3) is 0.417. The summed E-state index contributed by atoms with van der Waals surface area (Å²) in [5.74, 6) is 6.47. The Morgan fingerprint density at radius 3 is 2.95 bits per heavy atom. The first-order valence-corrected chi connectivity index (χ1v) is 8.06. The SMILES string of the molecule is CCCCc1nnc(SCc2ccc(C(=O)O)s2)n1N. The molecule has 6 nitrogen and oxygen atoms in total. The average molecular weight is 312 g/mol. The van der Waals surface area contributed by atoms with Gasteiger partial charge in [-0.3, -0.25) is 0 Å². The maximum Gasteiger partial charge on any atom is 0.345 e. The molecule has 2 heterocycles. The highest BCUT2D eigenvalue weighted by Crippen LogP contribution is 2.25. The molecule has 108 valence electrons. The molecular weight excluding hydrogens is 296 g/mol. The number of nitrogens with two attached hydrogens (primary N) is 1. The molecule has 0 atom stereocenters. The number of nitrogens with zero attached hydrogens (tertiary/aromatic N) is 3. The number of hydrogen-bond donors (Lipinski definition) is 2. The Morgan fingerprint density at radius 1 is 1.50 bits per heavy atom. The zero-order valence-corrected chi connectivity index (χ0v) is 12.7. The van der Waals surface area contributed by atoms with Crippen LogP contribution in [0.5, 0.6) is 0 Å². The molecule has 0 aliphatic carbocycles. The maximum atomic E-state index is 10.8. The summed E-state index contributed by atoms with van der Waals surface area (Å²) >= 11 is 2.73. The van der Waals surface area contributed by atoms with E-state index < -0.39 is 5.97 Å². The molecule has 3 N–H and O–H groups in total. The van der Waals surface area contributed by atoms with E-state index >= 15 is 0 Å². The zero-order valence-electron chi connectivity index (χ0n) is 11.1. The minimum Gasteiger partial charge on any atom is -0.477 e. The number of carboxylic acid groups (broad SMARTS) is 1. The summed E-state index contributed by atoms with van der Waals surface area (Å²) in [4.78, 5) is 12.1. The quantitative estimate of drug-likeness (QED) is 0.602. The molecule has 0 radical (unpaired) electrons. The Kier molecular flexibility index (Phi) is 5.02. The summed E-state index contributed by atoms with van der Waals surface area (Å²) in [6, 6.07) is 3.43. The minimum absolute atomic E-state index is 0.346. The highest BCUT2D eigenvalue weighted by atomic mass is 32.2. The van der Waals surface area contributed by atoms with E-state index in [1.807, 2.05) is 6.07 Å². The molecule has 0 aliphatic heterocycles. The molecule has 20 heavy (non-hydrogen) atoms. The van der Waals surface area contributed by atoms with Crippen molar-refractivity contribution in [2.75, 3.05) is 5.84 Å². The number of thiophene rings is 1. The van der Waals surface area contributed by atoms with Gasteiger partial charge in [0.15, 0.2) is 5.82 Å². The molecular formula is C12H16N4O2S2. The average Bonchev–Trinajstić information content (AvgIpc) is 3.02. The largest absolute Gasteiger partial charge is 0.477 e. The predicted molar refractivity (Wildman–Crippen MR) is 79.6 cm³/mol. The predicted octanol–water partition coefficient (Wildman–Crippen LogP) is 2.39. The van der Waals surface area contributed by atoms with Crippen molar-refractivity contribution in [3.63, 3.8) is 0 Å². The van der Waals surface area contributed by atoms with Gasteiger partial charge in [0.25, 0.3) is 0 Å². The van der Waals surface area contributed by atoms with Gasteiger partial charge in [-0.25, -0.2) is 9.47 Å². The third kappa shape index (κ3) is 3.51. The van der Waals surface area contributed by atoms with Crippen LogP contribution >= 0.6 is 23.1 Å². The van der Waals surface area contributed by atoms with E-state index in [-0.39, 0.29) is 0 Å². The second-order valence-electron chi connectivity index (χ2n) is 4.23. The number of rotatable bonds is 7. The van der Waals surface area contributed by atoms with Gasteiger partial charge in [-0.15, -0.1) is 21.5 Å². The lowest BCUT2D eigenvalue weighted by Crippen LogP contribution is -2.14. The van der Waals surface area contributed by atoms with Crippen LogP contribution in [0.1, 0.15) is 40.1 Å². The lowest BCUT2D eigenvalue weighted by Gasteiger charge is -2.02. The van der Waals surface area contributed by atoms with Gasteiger partial charge in [-0.05, 0) is 18.6 Å². The molecule has 2 aromatic heterocycles. The number of unbranched alkanes of at least 4 members (excludes halogenated alkanes) is 1. The Hall–Kier alpha value is -1.54. The number of carboxylic acids is 1. The summed E-state index contributed by atoms with van der Waals surface area (Å²) < 4.78 is 1.52. The highest BCUT2D eigenvalue weighted by molar-refractivity contribution is 7.98. The van der Waals surface area contributed by atoms with Crippen LogP contribution in [0, 0.1) is 0 Å². The first-order chi connectivity index (χ1) is 9.61. The Bertz CT molecular complexity index is 594. The second kappa shape index (κ2) is 6.76. The van der Waals surface area contributed by atoms with E-state index in [9.17, 15) is 4.79 Å². The number of aromatic nitrogens is 3. The zero-order chi connectivity index (χ0) is 14.5. The number of nitrogen functional groups attached to an aromatic ring is 1. The minimum atomic E-state index is -0.893. The van der Waals surface area contributed by atoms with E-state index in [1.54, 1.807) is 6.07 Å². The standard InChI is InChI=1S/C12H16N4O2S2/c1-2-3-4-10-14-15-12(16(10)13)19-7-8-5-6-9(20-8)11(17)18/h5-6H,2-4,7,13H2,1H3,(H,17,18). The van der Waals surface area contributed by atoms with Crippen molar-refractivity contribution in [3.05, 3.63) is 27.7 Å². The molecule has 0 unspecified atom stereocenters. The summed E-state index contributed by atoms with van der Waals surface area (Å²) in [5.41, 5.74) is 0. The van der Waals surface area contributed by atoms with Crippen LogP contribution in [0.3, 0.4) is 0 Å². The van der Waals surface area contributed by atoms with E-state index in [0.717, 1.165) is 30.0 Å². The van der Waals surface area contributed by atoms with Gasteiger partial charge in [-0.2, -0.15) is 0 Å². The van der Waals surface area contributed by atoms with Crippen LogP contribution in [-0.4, -0.2) is 25.9 Å². The number of aryl methyl sites for hydroxylation is 1. The van der Waals surface area contributed by atoms with Gasteiger partial charge >= 0.3 is 5.97 Å². The fourth-order valence-electron chi connectivity index (χ4n) is 1.62. The van der Waals surface area contributed by atoms with E-state index in [4.69, 9.17) is 10.9 Å². The van der Waals surface area contributed by atoms with Gasteiger partial charge < -0.3 is 10.9 Å². The molecule has 2 aromatic rings. The third-order valence-corrected chi connectivity index (χ3v) is 4.95. The maximum absolute atomic E-state index is 10.8. The van der Waals surface area contributed by atoms with Crippen LogP contribution in [0.15, 0.2) is 17.3 Å². The molecule has 0 saturated carbocycles. The summed E-state index contributed by atoms with van der Waals surface area (Å²) in [5, 5.41) is 17.7. The first-order valence-electron chi connectivity index (χ1n) is 6.26. The summed E-state index contributed by atoms with van der Waals surface area (Å²) in [7, 11) is 0. The first kappa shape index (κ1) is 14.9. The molecule has 0 bridgehead atoms. The molecule has 0 spiro atoms. The monoisotopic (exact) mass is 312 g/mol. The number of carbonyl (C=O) groups is 1. The van der Waals surface area contributed by atoms with Crippen molar-refractivity contribution in [3.8, 4) is 0 Å². The van der Waals surface area contributed by atoms with Crippen molar-refractivity contribution in [1.29, 1.82) is 0 Å². The van der Waals surface area contributed by atoms with E-state index in [0.29, 0.717) is 15.8 Å². The van der Waals surface area contributed by atoms with Crippen LogP contribution in [-0.2, 0) is 12.2 Å². The number of aromatic carboxylic acids is 1. The molecule has 0 saturated heterocycles. The van der Waals surface area contributed by atoms with Crippen molar-refractivity contribution in [2.45, 2.75) is 37.1 Å². The molecule has 2 rings (SSSR count). The van der Waals surface area contributed by atoms with E-state index in [2.05, 4.69) is 17.1 Å². The van der Waals surface area contributed by atoms with Gasteiger partial charge in [0.2, 0.25) is 5.16 Å². The molecule has 0 fully saturated rings. The van der Waals surface area contributed by atoms with Crippen molar-refractivity contribution >= 4 is 29.1 Å². The van der Waals surface area contributed by atoms with Crippen molar-refractivity contribution in [2.24, 2.45) is 0 Å². The van der Waals surface area contributed by atoms with Crippen LogP contribution in [0.4, 0.5) is 0 Å². The third-order valence-electron chi connectivity index (χ3n) is 2.71. The second-order valence-corrected chi connectivity index (χ2v) is 6.34. The number of hydrogen-bond acceptors (Lipinski definition) is 6.